The molecule has 2 aromatic rings. The van der Waals surface area contributed by atoms with Gasteiger partial charge in [-0.1, -0.05) is 31.5 Å². The van der Waals surface area contributed by atoms with E-state index in [2.05, 4.69) is 46.3 Å². The smallest absolute Gasteiger partial charge is 0.320 e. The fourth-order valence-electron chi connectivity index (χ4n) is 10.7. The molecule has 1 aromatic carbocycles. The number of carbonyl (C=O) groups excluding carboxylic acids is 3. The zero-order valence-electron chi connectivity index (χ0n) is 26.4. The van der Waals surface area contributed by atoms with Gasteiger partial charge in [0.1, 0.15) is 0 Å². The largest absolute Gasteiger partial charge is 0.325 e. The van der Waals surface area contributed by atoms with E-state index in [-0.39, 0.29) is 53.5 Å². The predicted octanol–water partition coefficient (Wildman–Crippen LogP) is 4.56. The molecule has 44 heavy (non-hydrogen) atoms. The Balaban J connectivity index is 0.897. The lowest BCUT2D eigenvalue weighted by molar-refractivity contribution is -0.141. The summed E-state index contributed by atoms with van der Waals surface area (Å²) in [7, 11) is 1.93. The maximum Gasteiger partial charge on any atom is 0.320 e. The zero-order valence-corrected chi connectivity index (χ0v) is 26.4. The second-order valence-corrected chi connectivity index (χ2v) is 15.0. The van der Waals surface area contributed by atoms with Gasteiger partial charge < -0.3 is 14.7 Å². The summed E-state index contributed by atoms with van der Waals surface area (Å²) >= 11 is 0. The number of carbonyl (C=O) groups is 3. The van der Waals surface area contributed by atoms with Crippen molar-refractivity contribution in [1.82, 2.24) is 29.8 Å². The number of nitrogens with one attached hydrogen (secondary N) is 1. The standard InChI is InChI=1S/C35H48N6O3/c1-21-26-18-27(32(21)38(2)35(44)40-14-5-6-15-40)30-29(26)33(42)41(34(30)43)20-24-9-7-8-23(24)19-39-16-12-22(13-17-39)31-25-10-3-4-11-28(25)36-37-31/h3-4,10-11,21-24,26-27,29-30,32H,5-9,12-20H2,1-2H3,(H,36,37)/t21?,23-,24-,26?,27?,29?,30?,32?/m1/s1. The summed E-state index contributed by atoms with van der Waals surface area (Å²) in [6.07, 6.45) is 8.76. The Labute approximate surface area is 260 Å². The Morgan fingerprint density at radius 1 is 0.909 bits per heavy atom. The number of hydrogen-bond acceptors (Lipinski definition) is 5. The minimum absolute atomic E-state index is 0.0488. The first-order valence-electron chi connectivity index (χ1n) is 17.4. The molecule has 236 valence electrons. The number of piperidine rings is 1. The molecule has 9 nitrogen and oxygen atoms in total. The summed E-state index contributed by atoms with van der Waals surface area (Å²) in [5, 5.41) is 9.15. The van der Waals surface area contributed by atoms with Crippen molar-refractivity contribution < 1.29 is 14.4 Å². The van der Waals surface area contributed by atoms with E-state index in [0.717, 1.165) is 76.8 Å². The number of amides is 4. The summed E-state index contributed by atoms with van der Waals surface area (Å²) in [5.41, 5.74) is 2.34. The van der Waals surface area contributed by atoms with Crippen LogP contribution in [0.2, 0.25) is 0 Å². The highest BCUT2D eigenvalue weighted by Gasteiger charge is 2.67. The number of aromatic amines is 1. The maximum atomic E-state index is 14.0. The fourth-order valence-corrected chi connectivity index (χ4v) is 10.7. The van der Waals surface area contributed by atoms with Gasteiger partial charge in [-0.3, -0.25) is 19.6 Å². The van der Waals surface area contributed by atoms with Crippen LogP contribution in [-0.4, -0.2) is 100 Å². The molecule has 1 N–H and O–H groups in total. The van der Waals surface area contributed by atoms with Crippen LogP contribution in [0.5, 0.6) is 0 Å². The summed E-state index contributed by atoms with van der Waals surface area (Å²) in [5.74, 6) is 1.71. The Hall–Kier alpha value is -2.94. The molecule has 1 aromatic heterocycles. The highest BCUT2D eigenvalue weighted by molar-refractivity contribution is 6.06. The highest BCUT2D eigenvalue weighted by atomic mass is 16.2. The number of imide groups is 1. The van der Waals surface area contributed by atoms with Crippen LogP contribution in [0.1, 0.15) is 69.9 Å². The van der Waals surface area contributed by atoms with Crippen molar-refractivity contribution in [2.24, 2.45) is 41.4 Å². The van der Waals surface area contributed by atoms with E-state index in [0.29, 0.717) is 24.3 Å². The number of fused-ring (bicyclic) bond motifs is 6. The van der Waals surface area contributed by atoms with Crippen LogP contribution in [-0.2, 0) is 9.59 Å². The first kappa shape index (κ1) is 28.5. The van der Waals surface area contributed by atoms with Crippen LogP contribution >= 0.6 is 0 Å². The number of likely N-dealkylation sites (tertiary alicyclic amines) is 3. The third-order valence-corrected chi connectivity index (χ3v) is 12.9. The van der Waals surface area contributed by atoms with Gasteiger partial charge in [-0.15, -0.1) is 0 Å². The van der Waals surface area contributed by atoms with Crippen molar-refractivity contribution in [3.63, 3.8) is 0 Å². The Kier molecular flexibility index (Phi) is 7.22. The molecule has 4 amide bonds. The third kappa shape index (κ3) is 4.51. The average Bonchev–Trinajstić information content (AvgIpc) is 3.89. The number of H-pyrrole nitrogens is 1. The minimum atomic E-state index is -0.237. The molecular weight excluding hydrogens is 552 g/mol. The van der Waals surface area contributed by atoms with E-state index in [9.17, 15) is 14.4 Å². The van der Waals surface area contributed by atoms with Crippen molar-refractivity contribution in [3.05, 3.63) is 30.0 Å². The lowest BCUT2D eigenvalue weighted by atomic mass is 9.72. The number of nitrogens with zero attached hydrogens (tertiary/aromatic N) is 5. The Bertz CT molecular complexity index is 1430. The SMILES string of the molecule is CC1C2CC(C3C(=O)N(C[C@H]4CCC[C@@H]4CN4CCC(c5n[nH]c6ccccc56)CC4)C(=O)C23)C1N(C)C(=O)N1CCCC1. The molecule has 6 aliphatic rings. The van der Waals surface area contributed by atoms with E-state index < -0.39 is 0 Å². The number of benzene rings is 1. The first-order chi connectivity index (χ1) is 21.4. The van der Waals surface area contributed by atoms with Gasteiger partial charge in [0, 0.05) is 50.6 Å². The molecule has 8 rings (SSSR count). The van der Waals surface area contributed by atoms with E-state index in [1.807, 2.05) is 16.8 Å². The van der Waals surface area contributed by atoms with E-state index in [4.69, 9.17) is 0 Å². The van der Waals surface area contributed by atoms with Gasteiger partial charge in [-0.05, 0) is 93.7 Å². The highest BCUT2D eigenvalue weighted by Crippen LogP contribution is 2.60. The summed E-state index contributed by atoms with van der Waals surface area (Å²) in [6.45, 7) is 7.68. The molecule has 8 atom stereocenters. The molecule has 0 spiro atoms. The topological polar surface area (TPSA) is 92.9 Å². The average molecular weight is 601 g/mol. The summed E-state index contributed by atoms with van der Waals surface area (Å²) < 4.78 is 0. The molecule has 3 aliphatic heterocycles. The normalized spacial score (nSPS) is 35.9. The van der Waals surface area contributed by atoms with Gasteiger partial charge >= 0.3 is 6.03 Å². The zero-order chi connectivity index (χ0) is 30.1. The lowest BCUT2D eigenvalue weighted by Crippen LogP contribution is -2.52. The third-order valence-electron chi connectivity index (χ3n) is 12.9. The molecular formula is C35H48N6O3. The van der Waals surface area contributed by atoms with Crippen LogP contribution in [0, 0.1) is 41.4 Å². The molecule has 0 radical (unpaired) electrons. The number of hydrogen-bond donors (Lipinski definition) is 1. The molecule has 2 bridgehead atoms. The van der Waals surface area contributed by atoms with Gasteiger partial charge in [-0.25, -0.2) is 4.79 Å². The molecule has 3 saturated heterocycles. The molecule has 6 unspecified atom stereocenters. The van der Waals surface area contributed by atoms with E-state index in [1.54, 1.807) is 4.90 Å². The second kappa shape index (κ2) is 11.1. The minimum Gasteiger partial charge on any atom is -0.325 e. The molecule has 3 aliphatic carbocycles. The van der Waals surface area contributed by atoms with Crippen LogP contribution in [0.3, 0.4) is 0 Å². The molecule has 9 heteroatoms. The quantitative estimate of drug-likeness (QED) is 0.491. The van der Waals surface area contributed by atoms with Gasteiger partial charge in [0.05, 0.1) is 23.0 Å². The number of rotatable bonds is 6. The monoisotopic (exact) mass is 600 g/mol. The second-order valence-electron chi connectivity index (χ2n) is 15.0. The van der Waals surface area contributed by atoms with E-state index >= 15 is 0 Å². The Morgan fingerprint density at radius 2 is 1.59 bits per heavy atom. The summed E-state index contributed by atoms with van der Waals surface area (Å²) in [6, 6.07) is 8.58. The van der Waals surface area contributed by atoms with Crippen molar-refractivity contribution in [2.75, 3.05) is 46.3 Å². The van der Waals surface area contributed by atoms with Gasteiger partial charge in [0.2, 0.25) is 11.8 Å². The number of para-hydroxylation sites is 1. The van der Waals surface area contributed by atoms with Crippen LogP contribution in [0.15, 0.2) is 24.3 Å². The first-order valence-corrected chi connectivity index (χ1v) is 17.4. The molecule has 6 fully saturated rings. The predicted molar refractivity (Wildman–Crippen MR) is 168 cm³/mol. The van der Waals surface area contributed by atoms with Crippen molar-refractivity contribution in [1.29, 1.82) is 0 Å². The number of aromatic nitrogens is 2. The van der Waals surface area contributed by atoms with Gasteiger partial charge in [0.15, 0.2) is 0 Å². The summed E-state index contributed by atoms with van der Waals surface area (Å²) in [4.78, 5) is 49.4. The van der Waals surface area contributed by atoms with Crippen LogP contribution in [0.4, 0.5) is 4.79 Å². The van der Waals surface area contributed by atoms with Gasteiger partial charge in [-0.2, -0.15) is 5.10 Å². The van der Waals surface area contributed by atoms with Crippen LogP contribution < -0.4 is 0 Å². The van der Waals surface area contributed by atoms with Crippen molar-refractivity contribution in [3.8, 4) is 0 Å². The molecule has 3 saturated carbocycles. The number of urea groups is 1. The van der Waals surface area contributed by atoms with Gasteiger partial charge in [0.25, 0.3) is 0 Å². The lowest BCUT2D eigenvalue weighted by Gasteiger charge is -2.40. The fraction of sp³-hybridized carbons (Fsp3) is 0.714. The van der Waals surface area contributed by atoms with E-state index in [1.165, 1.54) is 23.9 Å². The van der Waals surface area contributed by atoms with Crippen molar-refractivity contribution >= 4 is 28.7 Å². The van der Waals surface area contributed by atoms with Crippen molar-refractivity contribution in [2.45, 2.75) is 70.3 Å². The van der Waals surface area contributed by atoms with Crippen LogP contribution in [0.25, 0.3) is 10.9 Å². The maximum absolute atomic E-state index is 14.0. The molecule has 4 heterocycles. The Morgan fingerprint density at radius 3 is 2.34 bits per heavy atom.